The highest BCUT2D eigenvalue weighted by Gasteiger charge is 2.40. The summed E-state index contributed by atoms with van der Waals surface area (Å²) in [5, 5.41) is 0. The number of carbonyl (C=O) groups is 2. The van der Waals surface area contributed by atoms with Gasteiger partial charge in [-0.25, -0.2) is 0 Å². The zero-order valence-corrected chi connectivity index (χ0v) is 11.0. The highest BCUT2D eigenvalue weighted by molar-refractivity contribution is 5.99. The number of rotatable bonds is 1. The summed E-state index contributed by atoms with van der Waals surface area (Å²) in [6, 6.07) is 9.59. The standard InChI is InChI=1S/C14H18N2O2/c1-11(17)15-9-13(18)16(14(2,3)10-15)12-7-5-4-6-8-12/h4-8H,9-10H2,1-3H3. The molecule has 4 heteroatoms. The lowest BCUT2D eigenvalue weighted by molar-refractivity contribution is -0.137. The summed E-state index contributed by atoms with van der Waals surface area (Å²) < 4.78 is 0. The molecular weight excluding hydrogens is 228 g/mol. The molecule has 1 saturated heterocycles. The fourth-order valence-electron chi connectivity index (χ4n) is 2.46. The van der Waals surface area contributed by atoms with Crippen LogP contribution in [0.5, 0.6) is 0 Å². The average molecular weight is 246 g/mol. The smallest absolute Gasteiger partial charge is 0.247 e. The van der Waals surface area contributed by atoms with E-state index in [0.717, 1.165) is 5.69 Å². The molecule has 0 aliphatic carbocycles. The van der Waals surface area contributed by atoms with E-state index in [-0.39, 0.29) is 23.9 Å². The summed E-state index contributed by atoms with van der Waals surface area (Å²) in [7, 11) is 0. The van der Waals surface area contributed by atoms with Crippen molar-refractivity contribution in [3.8, 4) is 0 Å². The van der Waals surface area contributed by atoms with E-state index < -0.39 is 0 Å². The Morgan fingerprint density at radius 2 is 1.83 bits per heavy atom. The minimum absolute atomic E-state index is 0.0346. The summed E-state index contributed by atoms with van der Waals surface area (Å²) in [5.41, 5.74) is 0.498. The van der Waals surface area contributed by atoms with Gasteiger partial charge in [-0.15, -0.1) is 0 Å². The van der Waals surface area contributed by atoms with E-state index in [1.807, 2.05) is 44.2 Å². The largest absolute Gasteiger partial charge is 0.331 e. The Bertz CT molecular complexity index is 468. The first-order valence-corrected chi connectivity index (χ1v) is 6.05. The van der Waals surface area contributed by atoms with Crippen LogP contribution in [0.4, 0.5) is 5.69 Å². The molecule has 2 amide bonds. The molecule has 2 rings (SSSR count). The second kappa shape index (κ2) is 4.44. The zero-order chi connectivity index (χ0) is 13.3. The third kappa shape index (κ3) is 2.23. The van der Waals surface area contributed by atoms with Crippen molar-refractivity contribution in [3.05, 3.63) is 30.3 Å². The number of piperazine rings is 1. The van der Waals surface area contributed by atoms with Crippen molar-refractivity contribution in [3.63, 3.8) is 0 Å². The van der Waals surface area contributed by atoms with Crippen LogP contribution in [0.1, 0.15) is 20.8 Å². The number of nitrogens with zero attached hydrogens (tertiary/aromatic N) is 2. The monoisotopic (exact) mass is 246 g/mol. The molecule has 18 heavy (non-hydrogen) atoms. The molecule has 0 bridgehead atoms. The van der Waals surface area contributed by atoms with Gasteiger partial charge >= 0.3 is 0 Å². The average Bonchev–Trinajstić information content (AvgIpc) is 2.28. The Morgan fingerprint density at radius 1 is 1.22 bits per heavy atom. The van der Waals surface area contributed by atoms with Crippen molar-refractivity contribution in [2.45, 2.75) is 26.3 Å². The maximum atomic E-state index is 12.3. The van der Waals surface area contributed by atoms with E-state index in [2.05, 4.69) is 0 Å². The van der Waals surface area contributed by atoms with E-state index in [4.69, 9.17) is 0 Å². The van der Waals surface area contributed by atoms with Gasteiger partial charge in [-0.2, -0.15) is 0 Å². The van der Waals surface area contributed by atoms with Crippen LogP contribution in [-0.4, -0.2) is 35.3 Å². The third-order valence-corrected chi connectivity index (χ3v) is 3.22. The molecule has 1 aliphatic rings. The fraction of sp³-hybridized carbons (Fsp3) is 0.429. The summed E-state index contributed by atoms with van der Waals surface area (Å²) in [5.74, 6) is -0.0863. The van der Waals surface area contributed by atoms with Gasteiger partial charge in [-0.1, -0.05) is 18.2 Å². The first-order chi connectivity index (χ1) is 8.42. The van der Waals surface area contributed by atoms with Crippen LogP contribution >= 0.6 is 0 Å². The first-order valence-electron chi connectivity index (χ1n) is 6.05. The molecule has 0 unspecified atom stereocenters. The van der Waals surface area contributed by atoms with Gasteiger partial charge in [-0.3, -0.25) is 9.59 Å². The van der Waals surface area contributed by atoms with Gasteiger partial charge in [0.05, 0.1) is 5.54 Å². The molecule has 0 spiro atoms. The van der Waals surface area contributed by atoms with E-state index in [0.29, 0.717) is 6.54 Å². The molecule has 1 heterocycles. The van der Waals surface area contributed by atoms with Gasteiger partial charge in [0, 0.05) is 19.2 Å². The molecule has 0 atom stereocenters. The van der Waals surface area contributed by atoms with Gasteiger partial charge in [0.2, 0.25) is 11.8 Å². The second-order valence-corrected chi connectivity index (χ2v) is 5.25. The molecule has 0 aromatic heterocycles. The second-order valence-electron chi connectivity index (χ2n) is 5.25. The van der Waals surface area contributed by atoms with Crippen molar-refractivity contribution < 1.29 is 9.59 Å². The molecule has 96 valence electrons. The lowest BCUT2D eigenvalue weighted by Crippen LogP contribution is -2.63. The maximum absolute atomic E-state index is 12.3. The predicted molar refractivity (Wildman–Crippen MR) is 70.3 cm³/mol. The Morgan fingerprint density at radius 3 is 2.33 bits per heavy atom. The highest BCUT2D eigenvalue weighted by atomic mass is 16.2. The molecule has 0 radical (unpaired) electrons. The van der Waals surface area contributed by atoms with Gasteiger partial charge in [0.25, 0.3) is 0 Å². The van der Waals surface area contributed by atoms with Crippen LogP contribution in [0.25, 0.3) is 0 Å². The van der Waals surface area contributed by atoms with Crippen LogP contribution < -0.4 is 4.90 Å². The van der Waals surface area contributed by atoms with Crippen molar-refractivity contribution in [2.24, 2.45) is 0 Å². The summed E-state index contributed by atoms with van der Waals surface area (Å²) in [6.07, 6.45) is 0. The lowest BCUT2D eigenvalue weighted by atomic mass is 9.97. The van der Waals surface area contributed by atoms with Crippen LogP contribution in [0, 0.1) is 0 Å². The van der Waals surface area contributed by atoms with E-state index in [1.54, 1.807) is 9.80 Å². The molecule has 1 aliphatic heterocycles. The van der Waals surface area contributed by atoms with E-state index in [9.17, 15) is 9.59 Å². The zero-order valence-electron chi connectivity index (χ0n) is 11.0. The molecule has 1 aromatic carbocycles. The number of carbonyl (C=O) groups excluding carboxylic acids is 2. The summed E-state index contributed by atoms with van der Waals surface area (Å²) in [6.45, 7) is 6.18. The molecule has 4 nitrogen and oxygen atoms in total. The number of benzene rings is 1. The van der Waals surface area contributed by atoms with Crippen LogP contribution in [-0.2, 0) is 9.59 Å². The number of anilines is 1. The van der Waals surface area contributed by atoms with Crippen LogP contribution in [0.15, 0.2) is 30.3 Å². The van der Waals surface area contributed by atoms with Gasteiger partial charge in [0.15, 0.2) is 0 Å². The van der Waals surface area contributed by atoms with Crippen LogP contribution in [0.2, 0.25) is 0 Å². The number of hydrogen-bond acceptors (Lipinski definition) is 2. The summed E-state index contributed by atoms with van der Waals surface area (Å²) in [4.78, 5) is 27.1. The van der Waals surface area contributed by atoms with Crippen molar-refractivity contribution in [1.82, 2.24) is 4.90 Å². The Labute approximate surface area is 107 Å². The SMILES string of the molecule is CC(=O)N1CC(=O)N(c2ccccc2)C(C)(C)C1. The normalized spacial score (nSPS) is 18.9. The molecule has 0 saturated carbocycles. The van der Waals surface area contributed by atoms with Gasteiger partial charge in [-0.05, 0) is 26.0 Å². The lowest BCUT2D eigenvalue weighted by Gasteiger charge is -2.46. The van der Waals surface area contributed by atoms with Crippen molar-refractivity contribution in [2.75, 3.05) is 18.0 Å². The molecular formula is C14H18N2O2. The van der Waals surface area contributed by atoms with Crippen molar-refractivity contribution >= 4 is 17.5 Å². The third-order valence-electron chi connectivity index (χ3n) is 3.22. The minimum atomic E-state index is -0.387. The highest BCUT2D eigenvalue weighted by Crippen LogP contribution is 2.28. The Kier molecular flexibility index (Phi) is 3.11. The quantitative estimate of drug-likeness (QED) is 0.756. The van der Waals surface area contributed by atoms with Crippen molar-refractivity contribution in [1.29, 1.82) is 0 Å². The number of hydrogen-bond donors (Lipinski definition) is 0. The number of amides is 2. The number of para-hydroxylation sites is 1. The van der Waals surface area contributed by atoms with Crippen LogP contribution in [0.3, 0.4) is 0 Å². The molecule has 1 aromatic rings. The molecule has 1 fully saturated rings. The maximum Gasteiger partial charge on any atom is 0.247 e. The van der Waals surface area contributed by atoms with E-state index >= 15 is 0 Å². The fourth-order valence-corrected chi connectivity index (χ4v) is 2.46. The topological polar surface area (TPSA) is 40.6 Å². The molecule has 0 N–H and O–H groups in total. The summed E-state index contributed by atoms with van der Waals surface area (Å²) >= 11 is 0. The van der Waals surface area contributed by atoms with E-state index in [1.165, 1.54) is 6.92 Å². The Hall–Kier alpha value is -1.84. The van der Waals surface area contributed by atoms with Gasteiger partial charge < -0.3 is 9.80 Å². The Balaban J connectivity index is 2.33. The predicted octanol–water partition coefficient (Wildman–Crippen LogP) is 1.66. The van der Waals surface area contributed by atoms with Gasteiger partial charge in [0.1, 0.15) is 6.54 Å². The minimum Gasteiger partial charge on any atom is -0.331 e. The first kappa shape index (κ1) is 12.6.